The molecule has 24 heavy (non-hydrogen) atoms. The fraction of sp³-hybridized carbons (Fsp3) is 0.529. The Morgan fingerprint density at radius 3 is 2.75 bits per heavy atom. The van der Waals surface area contributed by atoms with Crippen LogP contribution in [-0.4, -0.2) is 32.2 Å². The fourth-order valence-electron chi connectivity index (χ4n) is 4.25. The number of anilines is 1. The summed E-state index contributed by atoms with van der Waals surface area (Å²) in [4.78, 5) is 12.7. The molecule has 0 radical (unpaired) electrons. The number of fused-ring (bicyclic) bond motifs is 2. The molecule has 0 spiro atoms. The zero-order chi connectivity index (χ0) is 16.5. The predicted octanol–water partition coefficient (Wildman–Crippen LogP) is 1.75. The minimum atomic E-state index is 0.0665. The van der Waals surface area contributed by atoms with Gasteiger partial charge in [-0.1, -0.05) is 12.5 Å². The van der Waals surface area contributed by atoms with E-state index in [-0.39, 0.29) is 17.9 Å². The van der Waals surface area contributed by atoms with Crippen LogP contribution < -0.4 is 11.1 Å². The second-order valence-electron chi connectivity index (χ2n) is 6.99. The van der Waals surface area contributed by atoms with Gasteiger partial charge in [-0.3, -0.25) is 4.79 Å². The second kappa shape index (κ2) is 6.32. The highest BCUT2D eigenvalue weighted by Gasteiger charge is 2.40. The number of benzene rings is 1. The van der Waals surface area contributed by atoms with E-state index >= 15 is 0 Å². The lowest BCUT2D eigenvalue weighted by atomic mass is 9.65. The van der Waals surface area contributed by atoms with Gasteiger partial charge in [-0.25, -0.2) is 4.68 Å². The van der Waals surface area contributed by atoms with Crippen molar-refractivity contribution in [1.82, 2.24) is 20.2 Å². The Morgan fingerprint density at radius 2 is 2.04 bits per heavy atom. The Balaban J connectivity index is 1.46. The quantitative estimate of drug-likeness (QED) is 0.895. The predicted molar refractivity (Wildman–Crippen MR) is 89.3 cm³/mol. The zero-order valence-electron chi connectivity index (χ0n) is 13.5. The first-order valence-electron chi connectivity index (χ1n) is 8.60. The standard InChI is InChI=1S/C17H22N6O/c18-16-11-3-1-4-12(16)8-13(7-11)17(24)20-14-5-2-6-15(9-14)23-10-19-21-22-23/h2,5-6,9-13,16H,1,3-4,7-8,18H2,(H,20,24). The molecule has 3 N–H and O–H groups in total. The summed E-state index contributed by atoms with van der Waals surface area (Å²) in [5.41, 5.74) is 7.91. The topological polar surface area (TPSA) is 98.7 Å². The van der Waals surface area contributed by atoms with Gasteiger partial charge in [0.1, 0.15) is 6.33 Å². The molecule has 2 aliphatic rings. The van der Waals surface area contributed by atoms with E-state index in [0.29, 0.717) is 11.8 Å². The van der Waals surface area contributed by atoms with Crippen LogP contribution in [0, 0.1) is 17.8 Å². The van der Waals surface area contributed by atoms with E-state index in [1.807, 2.05) is 24.3 Å². The molecule has 2 aliphatic carbocycles. The van der Waals surface area contributed by atoms with E-state index in [1.54, 1.807) is 4.68 Å². The lowest BCUT2D eigenvalue weighted by molar-refractivity contribution is -0.122. The summed E-state index contributed by atoms with van der Waals surface area (Å²) in [5, 5.41) is 14.2. The summed E-state index contributed by atoms with van der Waals surface area (Å²) in [7, 11) is 0. The maximum atomic E-state index is 12.7. The molecule has 1 heterocycles. The first-order chi connectivity index (χ1) is 11.7. The first-order valence-corrected chi connectivity index (χ1v) is 8.60. The van der Waals surface area contributed by atoms with Gasteiger partial charge < -0.3 is 11.1 Å². The molecule has 2 saturated carbocycles. The molecular weight excluding hydrogens is 304 g/mol. The van der Waals surface area contributed by atoms with E-state index in [0.717, 1.165) is 37.1 Å². The molecule has 0 saturated heterocycles. The highest BCUT2D eigenvalue weighted by molar-refractivity contribution is 5.92. The first kappa shape index (κ1) is 15.3. The third-order valence-electron chi connectivity index (χ3n) is 5.51. The molecule has 4 rings (SSSR count). The number of nitrogens with two attached hydrogens (primary N) is 1. The van der Waals surface area contributed by atoms with E-state index in [9.17, 15) is 4.79 Å². The van der Waals surface area contributed by atoms with Crippen molar-refractivity contribution in [1.29, 1.82) is 0 Å². The van der Waals surface area contributed by atoms with Crippen LogP contribution in [0.15, 0.2) is 30.6 Å². The fourth-order valence-corrected chi connectivity index (χ4v) is 4.25. The Bertz CT molecular complexity index is 702. The van der Waals surface area contributed by atoms with E-state index < -0.39 is 0 Å². The Kier molecular flexibility index (Phi) is 4.02. The molecule has 2 fully saturated rings. The SMILES string of the molecule is NC1C2CCCC1CC(C(=O)Nc1cccc(-n3cnnn3)c1)C2. The minimum absolute atomic E-state index is 0.0665. The number of nitrogens with zero attached hydrogens (tertiary/aromatic N) is 4. The van der Waals surface area contributed by atoms with Gasteiger partial charge in [-0.05, 0) is 66.1 Å². The molecule has 7 heteroatoms. The van der Waals surface area contributed by atoms with Crippen LogP contribution in [-0.2, 0) is 4.79 Å². The third kappa shape index (κ3) is 2.91. The molecule has 1 aromatic carbocycles. The summed E-state index contributed by atoms with van der Waals surface area (Å²) in [6, 6.07) is 7.84. The van der Waals surface area contributed by atoms with Crippen LogP contribution in [0.25, 0.3) is 5.69 Å². The zero-order valence-corrected chi connectivity index (χ0v) is 13.5. The summed E-state index contributed by atoms with van der Waals surface area (Å²) in [6.07, 6.45) is 6.94. The number of hydrogen-bond acceptors (Lipinski definition) is 5. The number of aromatic nitrogens is 4. The van der Waals surface area contributed by atoms with E-state index in [1.165, 1.54) is 12.7 Å². The molecule has 7 nitrogen and oxygen atoms in total. The molecule has 2 atom stereocenters. The van der Waals surface area contributed by atoms with Gasteiger partial charge in [0.05, 0.1) is 5.69 Å². The normalized spacial score (nSPS) is 29.2. The van der Waals surface area contributed by atoms with Crippen molar-refractivity contribution in [3.05, 3.63) is 30.6 Å². The van der Waals surface area contributed by atoms with Gasteiger partial charge in [-0.15, -0.1) is 5.10 Å². The average Bonchev–Trinajstić information content (AvgIpc) is 3.09. The molecular formula is C17H22N6O. The number of tetrazole rings is 1. The lowest BCUT2D eigenvalue weighted by Crippen LogP contribution is -2.48. The van der Waals surface area contributed by atoms with Crippen molar-refractivity contribution in [2.45, 2.75) is 38.1 Å². The maximum Gasteiger partial charge on any atom is 0.227 e. The molecule has 2 unspecified atom stereocenters. The average molecular weight is 326 g/mol. The summed E-state index contributed by atoms with van der Waals surface area (Å²) < 4.78 is 1.57. The van der Waals surface area contributed by atoms with Gasteiger partial charge in [0.25, 0.3) is 0 Å². The van der Waals surface area contributed by atoms with Crippen molar-refractivity contribution in [2.75, 3.05) is 5.32 Å². The molecule has 126 valence electrons. The Morgan fingerprint density at radius 1 is 1.25 bits per heavy atom. The highest BCUT2D eigenvalue weighted by Crippen LogP contribution is 2.42. The van der Waals surface area contributed by atoms with Gasteiger partial charge in [0, 0.05) is 17.6 Å². The summed E-state index contributed by atoms with van der Waals surface area (Å²) >= 11 is 0. The number of nitrogens with one attached hydrogen (secondary N) is 1. The van der Waals surface area contributed by atoms with Crippen molar-refractivity contribution < 1.29 is 4.79 Å². The van der Waals surface area contributed by atoms with Crippen LogP contribution in [0.3, 0.4) is 0 Å². The molecule has 2 bridgehead atoms. The van der Waals surface area contributed by atoms with E-state index in [2.05, 4.69) is 20.8 Å². The van der Waals surface area contributed by atoms with Crippen LogP contribution in [0.4, 0.5) is 5.69 Å². The van der Waals surface area contributed by atoms with Crippen LogP contribution in [0.5, 0.6) is 0 Å². The smallest absolute Gasteiger partial charge is 0.227 e. The number of amides is 1. The van der Waals surface area contributed by atoms with Crippen LogP contribution in [0.2, 0.25) is 0 Å². The molecule has 1 aromatic heterocycles. The second-order valence-corrected chi connectivity index (χ2v) is 6.99. The summed E-state index contributed by atoms with van der Waals surface area (Å²) in [5.74, 6) is 1.17. The van der Waals surface area contributed by atoms with Crippen molar-refractivity contribution in [2.24, 2.45) is 23.5 Å². The van der Waals surface area contributed by atoms with Crippen LogP contribution >= 0.6 is 0 Å². The highest BCUT2D eigenvalue weighted by atomic mass is 16.1. The van der Waals surface area contributed by atoms with Crippen molar-refractivity contribution in [3.8, 4) is 5.69 Å². The third-order valence-corrected chi connectivity index (χ3v) is 5.51. The largest absolute Gasteiger partial charge is 0.327 e. The number of hydrogen-bond donors (Lipinski definition) is 2. The van der Waals surface area contributed by atoms with Gasteiger partial charge >= 0.3 is 0 Å². The van der Waals surface area contributed by atoms with Crippen molar-refractivity contribution in [3.63, 3.8) is 0 Å². The maximum absolute atomic E-state index is 12.7. The molecule has 2 aromatic rings. The van der Waals surface area contributed by atoms with Gasteiger partial charge in [-0.2, -0.15) is 0 Å². The lowest BCUT2D eigenvalue weighted by Gasteiger charge is -2.43. The number of rotatable bonds is 3. The monoisotopic (exact) mass is 326 g/mol. The number of carbonyl (C=O) groups is 1. The van der Waals surface area contributed by atoms with Crippen LogP contribution in [0.1, 0.15) is 32.1 Å². The van der Waals surface area contributed by atoms with E-state index in [4.69, 9.17) is 5.73 Å². The van der Waals surface area contributed by atoms with Crippen molar-refractivity contribution >= 4 is 11.6 Å². The summed E-state index contributed by atoms with van der Waals surface area (Å²) in [6.45, 7) is 0. The van der Waals surface area contributed by atoms with Gasteiger partial charge in [0.15, 0.2) is 0 Å². The number of carbonyl (C=O) groups excluding carboxylic acids is 1. The minimum Gasteiger partial charge on any atom is -0.327 e. The van der Waals surface area contributed by atoms with Gasteiger partial charge in [0.2, 0.25) is 5.91 Å². The Hall–Kier alpha value is -2.28. The molecule has 0 aliphatic heterocycles. The molecule has 1 amide bonds. The Labute approximate surface area is 140 Å².